The maximum Gasteiger partial charge on any atom is 0.321 e. The lowest BCUT2D eigenvalue weighted by molar-refractivity contribution is -0.890. The summed E-state index contributed by atoms with van der Waals surface area (Å²) in [6, 6.07) is 1.81. The fraction of sp³-hybridized carbons (Fsp3) is 0.500. The summed E-state index contributed by atoms with van der Waals surface area (Å²) in [7, 11) is 4.14. The first-order chi connectivity index (χ1) is 15.5. The molecular weight excluding hydrogens is 430 g/mol. The van der Waals surface area contributed by atoms with Crippen LogP contribution >= 0.6 is 0 Å². The average molecular weight is 463 g/mol. The Balaban J connectivity index is 1.61. The Labute approximate surface area is 191 Å². The second kappa shape index (κ2) is 11.8. The van der Waals surface area contributed by atoms with Crippen molar-refractivity contribution >= 4 is 24.0 Å². The Morgan fingerprint density at radius 3 is 1.58 bits per heavy atom. The van der Waals surface area contributed by atoms with Crippen molar-refractivity contribution in [3.63, 3.8) is 0 Å². The largest absolute Gasteiger partial charge is 0.338 e. The van der Waals surface area contributed by atoms with Gasteiger partial charge in [-0.15, -0.1) is 0 Å². The summed E-state index contributed by atoms with van der Waals surface area (Å²) in [6.07, 6.45) is 1.50. The zero-order valence-electron chi connectivity index (χ0n) is 19.4. The van der Waals surface area contributed by atoms with E-state index in [2.05, 4.69) is 55.3 Å². The number of aromatic amines is 2. The number of aryl methyl sites for hydroxylation is 2. The third kappa shape index (κ3) is 9.95. The van der Waals surface area contributed by atoms with Gasteiger partial charge in [0, 0.05) is 49.5 Å². The van der Waals surface area contributed by atoms with Crippen LogP contribution in [0.1, 0.15) is 24.2 Å². The Kier molecular flexibility index (Phi) is 9.09. The molecule has 13 nitrogen and oxygen atoms in total. The van der Waals surface area contributed by atoms with Crippen LogP contribution in [0.25, 0.3) is 0 Å². The number of hydrogen-bond acceptors (Lipinski definition) is 6. The van der Waals surface area contributed by atoms with Crippen LogP contribution < -0.4 is 32.4 Å². The monoisotopic (exact) mass is 462 g/mol. The number of nitrogens with one attached hydrogen (secondary N) is 6. The quantitative estimate of drug-likeness (QED) is 0.218. The zero-order chi connectivity index (χ0) is 24.4. The Bertz CT molecular complexity index is 994. The molecule has 0 aromatic carbocycles. The molecule has 0 saturated carbocycles. The lowest BCUT2D eigenvalue weighted by Gasteiger charge is -2.30. The van der Waals surface area contributed by atoms with Gasteiger partial charge < -0.3 is 25.1 Å². The fourth-order valence-electron chi connectivity index (χ4n) is 3.11. The van der Waals surface area contributed by atoms with Gasteiger partial charge in [-0.3, -0.25) is 20.2 Å². The van der Waals surface area contributed by atoms with Gasteiger partial charge >= 0.3 is 12.1 Å². The van der Waals surface area contributed by atoms with E-state index in [0.29, 0.717) is 29.0 Å². The summed E-state index contributed by atoms with van der Waals surface area (Å²) in [5, 5.41) is 10.5. The molecule has 0 radical (unpaired) electrons. The number of rotatable bonds is 10. The fourth-order valence-corrected chi connectivity index (χ4v) is 3.11. The summed E-state index contributed by atoms with van der Waals surface area (Å²) in [6.45, 7) is 5.98. The molecule has 180 valence electrons. The maximum absolute atomic E-state index is 11.9. The van der Waals surface area contributed by atoms with Gasteiger partial charge in [0.05, 0.1) is 27.2 Å². The highest BCUT2D eigenvalue weighted by Crippen LogP contribution is 2.01. The van der Waals surface area contributed by atoms with E-state index < -0.39 is 23.2 Å². The molecule has 33 heavy (non-hydrogen) atoms. The lowest BCUT2D eigenvalue weighted by atomic mass is 10.3. The number of nitrogens with zero attached hydrogens (tertiary/aromatic N) is 3. The minimum absolute atomic E-state index is 0.106. The Morgan fingerprint density at radius 2 is 1.21 bits per heavy atom. The molecule has 0 aliphatic rings. The molecule has 0 saturated heterocycles. The molecule has 0 aliphatic heterocycles. The van der Waals surface area contributed by atoms with Crippen LogP contribution in [0.3, 0.4) is 0 Å². The van der Waals surface area contributed by atoms with Gasteiger partial charge in [-0.05, 0) is 13.8 Å². The molecule has 13 heteroatoms. The predicted molar refractivity (Wildman–Crippen MR) is 124 cm³/mol. The molecule has 0 bridgehead atoms. The molecule has 0 atom stereocenters. The van der Waals surface area contributed by atoms with E-state index in [1.807, 2.05) is 0 Å². The van der Waals surface area contributed by atoms with E-state index >= 15 is 0 Å². The van der Waals surface area contributed by atoms with Crippen LogP contribution in [-0.2, 0) is 0 Å². The molecule has 4 amide bonds. The maximum atomic E-state index is 11.9. The van der Waals surface area contributed by atoms with Crippen LogP contribution in [0.15, 0.2) is 21.7 Å². The van der Waals surface area contributed by atoms with Crippen molar-refractivity contribution in [2.45, 2.75) is 26.7 Å². The van der Waals surface area contributed by atoms with Crippen molar-refractivity contribution in [2.24, 2.45) is 0 Å². The number of anilines is 2. The molecular formula is C20H32N9O4+. The van der Waals surface area contributed by atoms with Crippen molar-refractivity contribution in [2.75, 3.05) is 50.9 Å². The van der Waals surface area contributed by atoms with Crippen molar-refractivity contribution in [3.8, 4) is 0 Å². The molecule has 2 aromatic heterocycles. The normalized spacial score (nSPS) is 11.0. The van der Waals surface area contributed by atoms with E-state index in [-0.39, 0.29) is 11.9 Å². The van der Waals surface area contributed by atoms with Gasteiger partial charge in [0.2, 0.25) is 11.9 Å². The summed E-state index contributed by atoms with van der Waals surface area (Å²) >= 11 is 0. The minimum Gasteiger partial charge on any atom is -0.338 e. The number of aromatic nitrogens is 4. The Hall–Kier alpha value is -3.74. The molecule has 0 unspecified atom stereocenters. The smallest absolute Gasteiger partial charge is 0.321 e. The molecule has 2 aromatic rings. The zero-order valence-corrected chi connectivity index (χ0v) is 19.4. The second-order valence-corrected chi connectivity index (χ2v) is 8.35. The summed E-state index contributed by atoms with van der Waals surface area (Å²) in [5.41, 5.74) is 0.375. The molecule has 2 heterocycles. The molecule has 0 spiro atoms. The topological polar surface area (TPSA) is 174 Å². The number of quaternary nitrogens is 1. The van der Waals surface area contributed by atoms with Gasteiger partial charge in [-0.2, -0.15) is 9.97 Å². The third-order valence-electron chi connectivity index (χ3n) is 4.67. The van der Waals surface area contributed by atoms with E-state index in [0.717, 1.165) is 25.9 Å². The molecule has 2 rings (SSSR count). The summed E-state index contributed by atoms with van der Waals surface area (Å²) in [4.78, 5) is 59.6. The highest BCUT2D eigenvalue weighted by atomic mass is 16.2. The molecule has 0 fully saturated rings. The predicted octanol–water partition coefficient (Wildman–Crippen LogP) is 0.270. The third-order valence-corrected chi connectivity index (χ3v) is 4.67. The number of hydrogen-bond donors (Lipinski definition) is 6. The second-order valence-electron chi connectivity index (χ2n) is 8.35. The number of urea groups is 2. The van der Waals surface area contributed by atoms with Crippen LogP contribution in [0.4, 0.5) is 21.5 Å². The van der Waals surface area contributed by atoms with Gasteiger partial charge in [-0.25, -0.2) is 9.59 Å². The SMILES string of the molecule is Cc1cc(=O)nc(NC(=O)NCCC[N+](C)(C)CCCNC(=O)Nc2nc(=O)cc(C)[nH]2)[nH]1. The standard InChI is InChI=1S/C20H31N9O4/c1-13-11-15(30)25-17(23-13)27-19(32)21-7-5-9-29(3,4)10-6-8-22-20(33)28-18-24-14(2)12-16(31)26-18/h11-12H,5-10H2,1-4H3,(H5-,21,22,23,24,25,26,27,28,30,31,32,33)/p+1. The first-order valence-electron chi connectivity index (χ1n) is 10.6. The lowest BCUT2D eigenvalue weighted by Crippen LogP contribution is -2.44. The van der Waals surface area contributed by atoms with Crippen molar-refractivity contribution in [1.82, 2.24) is 30.6 Å². The molecule has 0 aliphatic carbocycles. The minimum atomic E-state index is -0.436. The van der Waals surface area contributed by atoms with Crippen LogP contribution in [0, 0.1) is 13.8 Å². The van der Waals surface area contributed by atoms with Crippen LogP contribution in [0.2, 0.25) is 0 Å². The van der Waals surface area contributed by atoms with Gasteiger partial charge in [0.25, 0.3) is 11.1 Å². The van der Waals surface area contributed by atoms with Gasteiger partial charge in [0.15, 0.2) is 0 Å². The van der Waals surface area contributed by atoms with Crippen molar-refractivity contribution < 1.29 is 14.1 Å². The van der Waals surface area contributed by atoms with Gasteiger partial charge in [-0.1, -0.05) is 0 Å². The van der Waals surface area contributed by atoms with E-state index in [1.165, 1.54) is 12.1 Å². The molecule has 6 N–H and O–H groups in total. The number of H-pyrrole nitrogens is 2. The Morgan fingerprint density at radius 1 is 0.818 bits per heavy atom. The first-order valence-corrected chi connectivity index (χ1v) is 10.6. The van der Waals surface area contributed by atoms with Gasteiger partial charge in [0.1, 0.15) is 0 Å². The van der Waals surface area contributed by atoms with E-state index in [1.54, 1.807) is 13.8 Å². The number of carbonyl (C=O) groups is 2. The number of amides is 4. The van der Waals surface area contributed by atoms with Crippen molar-refractivity contribution in [1.29, 1.82) is 0 Å². The first kappa shape index (κ1) is 25.5. The van der Waals surface area contributed by atoms with Crippen LogP contribution in [0.5, 0.6) is 0 Å². The highest BCUT2D eigenvalue weighted by molar-refractivity contribution is 5.87. The van der Waals surface area contributed by atoms with Crippen molar-refractivity contribution in [3.05, 3.63) is 44.2 Å². The van der Waals surface area contributed by atoms with Crippen LogP contribution in [-0.4, -0.2) is 76.8 Å². The van der Waals surface area contributed by atoms with E-state index in [9.17, 15) is 19.2 Å². The highest BCUT2D eigenvalue weighted by Gasteiger charge is 2.15. The average Bonchev–Trinajstić information content (AvgIpc) is 2.67. The number of carbonyl (C=O) groups excluding carboxylic acids is 2. The summed E-state index contributed by atoms with van der Waals surface area (Å²) < 4.78 is 0.714. The summed E-state index contributed by atoms with van der Waals surface area (Å²) in [5.74, 6) is 0.212. The van der Waals surface area contributed by atoms with E-state index in [4.69, 9.17) is 0 Å².